The Morgan fingerprint density at radius 1 is 1.14 bits per heavy atom. The van der Waals surface area contributed by atoms with Crippen LogP contribution < -0.4 is 0 Å². The van der Waals surface area contributed by atoms with Crippen molar-refractivity contribution in [2.45, 2.75) is 53.4 Å². The molecule has 1 fully saturated rings. The number of alkyl halides is 1. The van der Waals surface area contributed by atoms with E-state index in [-0.39, 0.29) is 0 Å². The molecule has 0 aromatic heterocycles. The third-order valence-corrected chi connectivity index (χ3v) is 2.10. The Hall–Kier alpha value is -0.590. The van der Waals surface area contributed by atoms with Crippen molar-refractivity contribution < 1.29 is 4.39 Å². The maximum atomic E-state index is 9.50. The lowest BCUT2D eigenvalue weighted by Gasteiger charge is -1.96. The van der Waals surface area contributed by atoms with Crippen LogP contribution in [0.1, 0.15) is 53.4 Å². The topological polar surface area (TPSA) is 0 Å². The van der Waals surface area contributed by atoms with Gasteiger partial charge in [0.1, 0.15) is 0 Å². The normalized spacial score (nSPS) is 19.9. The van der Waals surface area contributed by atoms with E-state index >= 15 is 0 Å². The minimum Gasteiger partial charge on any atom is -0.255 e. The van der Waals surface area contributed by atoms with E-state index in [0.717, 1.165) is 0 Å². The van der Waals surface area contributed by atoms with Gasteiger partial charge < -0.3 is 0 Å². The van der Waals surface area contributed by atoms with Gasteiger partial charge in [0.05, 0.1) is 7.18 Å². The second-order valence-corrected chi connectivity index (χ2v) is 2.81. The van der Waals surface area contributed by atoms with E-state index < -0.39 is 0 Å². The average Bonchev–Trinajstić information content (AvgIpc) is 2.72. The van der Waals surface area contributed by atoms with Crippen LogP contribution in [-0.2, 0) is 0 Å². The highest BCUT2D eigenvalue weighted by Crippen LogP contribution is 2.30. The first-order valence-corrected chi connectivity index (χ1v) is 5.61. The molecule has 0 aromatic rings. The molecule has 0 saturated heterocycles. The molecule has 1 aliphatic rings. The smallest absolute Gasteiger partial charge is 0.0785 e. The molecule has 1 saturated carbocycles. The number of allylic oxidation sites excluding steroid dienone is 4. The van der Waals surface area contributed by atoms with Gasteiger partial charge in [0.2, 0.25) is 0 Å². The Bertz CT molecular complexity index is 166. The lowest BCUT2D eigenvalue weighted by atomic mass is 10.1. The van der Waals surface area contributed by atoms with E-state index in [1.165, 1.54) is 25.7 Å². The average molecular weight is 200 g/mol. The summed E-state index contributed by atoms with van der Waals surface area (Å²) >= 11 is 0. The SMILES string of the molecule is C/C=C1/CCC/C1=C/CC.CC.CF. The minimum atomic E-state index is 0.500. The van der Waals surface area contributed by atoms with Crippen molar-refractivity contribution in [2.75, 3.05) is 7.18 Å². The van der Waals surface area contributed by atoms with Crippen LogP contribution in [0.5, 0.6) is 0 Å². The molecule has 0 spiro atoms. The Morgan fingerprint density at radius 3 is 2.07 bits per heavy atom. The third-order valence-electron chi connectivity index (χ3n) is 2.10. The Balaban J connectivity index is 0. The van der Waals surface area contributed by atoms with Crippen LogP contribution in [0.4, 0.5) is 4.39 Å². The van der Waals surface area contributed by atoms with Crippen molar-refractivity contribution in [3.05, 3.63) is 23.3 Å². The number of hydrogen-bond donors (Lipinski definition) is 0. The highest BCUT2D eigenvalue weighted by Gasteiger charge is 2.10. The molecule has 1 heteroatoms. The first kappa shape index (κ1) is 15.9. The lowest BCUT2D eigenvalue weighted by Crippen LogP contribution is -1.76. The Labute approximate surface area is 88.9 Å². The van der Waals surface area contributed by atoms with Crippen LogP contribution in [0, 0.1) is 0 Å². The molecule has 0 nitrogen and oxygen atoms in total. The zero-order valence-electron chi connectivity index (χ0n) is 10.4. The third kappa shape index (κ3) is 5.95. The van der Waals surface area contributed by atoms with Crippen LogP contribution >= 0.6 is 0 Å². The fourth-order valence-corrected chi connectivity index (χ4v) is 1.60. The molecule has 1 rings (SSSR count). The number of halogens is 1. The van der Waals surface area contributed by atoms with E-state index in [1.54, 1.807) is 11.1 Å². The number of rotatable bonds is 1. The van der Waals surface area contributed by atoms with Gasteiger partial charge in [-0.15, -0.1) is 0 Å². The van der Waals surface area contributed by atoms with E-state index in [2.05, 4.69) is 26.0 Å². The zero-order chi connectivity index (χ0) is 11.4. The van der Waals surface area contributed by atoms with Crippen molar-refractivity contribution in [2.24, 2.45) is 0 Å². The summed E-state index contributed by atoms with van der Waals surface area (Å²) in [4.78, 5) is 0. The second-order valence-electron chi connectivity index (χ2n) is 2.81. The summed E-state index contributed by atoms with van der Waals surface area (Å²) in [5, 5.41) is 0. The van der Waals surface area contributed by atoms with E-state index in [4.69, 9.17) is 0 Å². The summed E-state index contributed by atoms with van der Waals surface area (Å²) in [6, 6.07) is 0. The van der Waals surface area contributed by atoms with Crippen molar-refractivity contribution in [3.8, 4) is 0 Å². The van der Waals surface area contributed by atoms with Gasteiger partial charge >= 0.3 is 0 Å². The highest BCUT2D eigenvalue weighted by atomic mass is 19.1. The molecular weight excluding hydrogens is 175 g/mol. The maximum Gasteiger partial charge on any atom is 0.0785 e. The van der Waals surface area contributed by atoms with E-state index in [1.807, 2.05) is 13.8 Å². The molecule has 0 radical (unpaired) electrons. The molecule has 14 heavy (non-hydrogen) atoms. The van der Waals surface area contributed by atoms with Gasteiger partial charge in [0.25, 0.3) is 0 Å². The van der Waals surface area contributed by atoms with Crippen LogP contribution in [0.25, 0.3) is 0 Å². The van der Waals surface area contributed by atoms with Crippen LogP contribution in [0.15, 0.2) is 23.3 Å². The minimum absolute atomic E-state index is 0.500. The molecule has 0 unspecified atom stereocenters. The van der Waals surface area contributed by atoms with Gasteiger partial charge in [-0.2, -0.15) is 0 Å². The predicted molar refractivity (Wildman–Crippen MR) is 64.4 cm³/mol. The Morgan fingerprint density at radius 2 is 1.64 bits per heavy atom. The summed E-state index contributed by atoms with van der Waals surface area (Å²) in [5.74, 6) is 0. The quantitative estimate of drug-likeness (QED) is 0.554. The van der Waals surface area contributed by atoms with Crippen LogP contribution in [0.3, 0.4) is 0 Å². The first-order valence-electron chi connectivity index (χ1n) is 5.61. The van der Waals surface area contributed by atoms with Crippen molar-refractivity contribution in [3.63, 3.8) is 0 Å². The van der Waals surface area contributed by atoms with Gasteiger partial charge in [-0.05, 0) is 43.8 Å². The van der Waals surface area contributed by atoms with Gasteiger partial charge in [0, 0.05) is 0 Å². The van der Waals surface area contributed by atoms with Gasteiger partial charge in [0.15, 0.2) is 0 Å². The summed E-state index contributed by atoms with van der Waals surface area (Å²) in [5.41, 5.74) is 3.19. The fourth-order valence-electron chi connectivity index (χ4n) is 1.60. The molecule has 84 valence electrons. The maximum absolute atomic E-state index is 9.50. The van der Waals surface area contributed by atoms with E-state index in [9.17, 15) is 4.39 Å². The molecule has 0 bridgehead atoms. The molecule has 0 N–H and O–H groups in total. The summed E-state index contributed by atoms with van der Waals surface area (Å²) in [6.07, 6.45) is 9.80. The monoisotopic (exact) mass is 200 g/mol. The predicted octanol–water partition coefficient (Wildman–Crippen LogP) is 5.06. The summed E-state index contributed by atoms with van der Waals surface area (Å²) in [7, 11) is 0.500. The Kier molecular flexibility index (Phi) is 14.1. The first-order chi connectivity index (χ1) is 6.88. The van der Waals surface area contributed by atoms with E-state index in [0.29, 0.717) is 7.18 Å². The standard InChI is InChI=1S/C10H16.C2H6.CH3F/c1-3-6-10-8-5-7-9(10)4-2;2*1-2/h4,6H,3,5,7-8H2,1-2H3;1-2H3;1H3/b9-4-,10-6-;;. The fraction of sp³-hybridized carbons (Fsp3) is 0.692. The van der Waals surface area contributed by atoms with Crippen LogP contribution in [0.2, 0.25) is 0 Å². The second kappa shape index (κ2) is 12.4. The van der Waals surface area contributed by atoms with Crippen molar-refractivity contribution in [1.82, 2.24) is 0 Å². The largest absolute Gasteiger partial charge is 0.255 e. The molecule has 0 aromatic carbocycles. The van der Waals surface area contributed by atoms with Gasteiger partial charge in [-0.25, -0.2) is 0 Å². The van der Waals surface area contributed by atoms with Gasteiger partial charge in [-0.1, -0.05) is 32.9 Å². The summed E-state index contributed by atoms with van der Waals surface area (Å²) in [6.45, 7) is 8.35. The van der Waals surface area contributed by atoms with Crippen molar-refractivity contribution >= 4 is 0 Å². The zero-order valence-corrected chi connectivity index (χ0v) is 10.4. The lowest BCUT2D eigenvalue weighted by molar-refractivity contribution is 0.636. The molecule has 0 heterocycles. The highest BCUT2D eigenvalue weighted by molar-refractivity contribution is 5.34. The summed E-state index contributed by atoms with van der Waals surface area (Å²) < 4.78 is 9.50. The molecular formula is C13H25F. The van der Waals surface area contributed by atoms with Crippen molar-refractivity contribution in [1.29, 1.82) is 0 Å². The molecule has 0 amide bonds. The molecule has 0 atom stereocenters. The molecule has 1 aliphatic carbocycles. The molecule has 0 aliphatic heterocycles. The number of hydrogen-bond acceptors (Lipinski definition) is 0. The van der Waals surface area contributed by atoms with Crippen LogP contribution in [-0.4, -0.2) is 7.18 Å². The van der Waals surface area contributed by atoms with Gasteiger partial charge in [-0.3, -0.25) is 4.39 Å².